The van der Waals surface area contributed by atoms with Gasteiger partial charge in [-0.15, -0.1) is 5.10 Å². The normalized spacial score (nSPS) is 12.5. The molecule has 0 fully saturated rings. The second-order valence-electron chi connectivity index (χ2n) is 4.04. The molecule has 0 aliphatic rings. The van der Waals surface area contributed by atoms with Crippen LogP contribution in [-0.2, 0) is 0 Å². The van der Waals surface area contributed by atoms with E-state index < -0.39 is 0 Å². The van der Waals surface area contributed by atoms with Crippen LogP contribution in [0.5, 0.6) is 0 Å². The van der Waals surface area contributed by atoms with Crippen molar-refractivity contribution in [3.8, 4) is 5.69 Å². The number of para-hydroxylation sites is 1. The summed E-state index contributed by atoms with van der Waals surface area (Å²) in [6, 6.07) is 12.1. The first-order valence-corrected chi connectivity index (χ1v) is 6.71. The number of nitrogens with one attached hydrogen (secondary N) is 1. The molecule has 0 radical (unpaired) electrons. The number of aromatic nitrogens is 4. The lowest BCUT2D eigenvalue weighted by atomic mass is 10.2. The van der Waals surface area contributed by atoms with Crippen molar-refractivity contribution in [3.63, 3.8) is 0 Å². The average molecular weight is 271 g/mol. The Morgan fingerprint density at radius 1 is 1.21 bits per heavy atom. The highest BCUT2D eigenvalue weighted by Gasteiger charge is 2.19. The van der Waals surface area contributed by atoms with Crippen LogP contribution in [0.2, 0.25) is 0 Å². The second kappa shape index (κ2) is 5.29. The van der Waals surface area contributed by atoms with Crippen LogP contribution in [0.1, 0.15) is 16.6 Å². The van der Waals surface area contributed by atoms with Crippen molar-refractivity contribution in [1.82, 2.24) is 24.7 Å². The topological polar surface area (TPSA) is 55.6 Å². The molecule has 1 aromatic carbocycles. The zero-order valence-electron chi connectivity index (χ0n) is 10.4. The maximum absolute atomic E-state index is 4.41. The maximum Gasteiger partial charge on any atom is 0.0876 e. The van der Waals surface area contributed by atoms with Crippen LogP contribution in [0.4, 0.5) is 0 Å². The average Bonchev–Trinajstić information content (AvgIpc) is 3.12. The fourth-order valence-electron chi connectivity index (χ4n) is 2.05. The van der Waals surface area contributed by atoms with Gasteiger partial charge in [0.2, 0.25) is 0 Å². The maximum atomic E-state index is 4.41. The molecule has 0 aliphatic carbocycles. The summed E-state index contributed by atoms with van der Waals surface area (Å²) in [5, 5.41) is 11.6. The van der Waals surface area contributed by atoms with Crippen LogP contribution >= 0.6 is 11.5 Å². The highest BCUT2D eigenvalue weighted by molar-refractivity contribution is 7.05. The Bertz CT molecular complexity index is 632. The van der Waals surface area contributed by atoms with Gasteiger partial charge in [0.1, 0.15) is 0 Å². The summed E-state index contributed by atoms with van der Waals surface area (Å²) in [7, 11) is 1.92. The molecule has 1 atom stereocenters. The molecule has 0 spiro atoms. The fraction of sp³-hybridized carbons (Fsp3) is 0.154. The zero-order chi connectivity index (χ0) is 13.1. The lowest BCUT2D eigenvalue weighted by Gasteiger charge is -2.15. The fourth-order valence-corrected chi connectivity index (χ4v) is 2.68. The van der Waals surface area contributed by atoms with E-state index in [-0.39, 0.29) is 6.04 Å². The monoisotopic (exact) mass is 271 g/mol. The molecule has 1 N–H and O–H groups in total. The summed E-state index contributed by atoms with van der Waals surface area (Å²) in [6.45, 7) is 0. The van der Waals surface area contributed by atoms with Crippen molar-refractivity contribution in [3.05, 3.63) is 59.4 Å². The molecular formula is C13H13N5S. The Kier molecular flexibility index (Phi) is 3.35. The molecule has 0 saturated heterocycles. The highest BCUT2D eigenvalue weighted by Crippen LogP contribution is 2.25. The molecule has 0 aliphatic heterocycles. The van der Waals surface area contributed by atoms with Gasteiger partial charge in [-0.05, 0) is 36.8 Å². The number of rotatable bonds is 4. The third-order valence-electron chi connectivity index (χ3n) is 2.92. The van der Waals surface area contributed by atoms with E-state index >= 15 is 0 Å². The minimum Gasteiger partial charge on any atom is -0.307 e. The van der Waals surface area contributed by atoms with E-state index in [4.69, 9.17) is 0 Å². The Balaban J connectivity index is 2.04. The van der Waals surface area contributed by atoms with Gasteiger partial charge in [-0.25, -0.2) is 4.68 Å². The summed E-state index contributed by atoms with van der Waals surface area (Å²) in [5.41, 5.74) is 2.11. The van der Waals surface area contributed by atoms with E-state index in [0.717, 1.165) is 16.3 Å². The third kappa shape index (κ3) is 2.27. The van der Waals surface area contributed by atoms with Gasteiger partial charge < -0.3 is 5.32 Å². The molecule has 3 aromatic rings. The predicted octanol–water partition coefficient (Wildman–Crippen LogP) is 2.03. The molecule has 1 unspecified atom stereocenters. The Labute approximate surface area is 115 Å². The smallest absolute Gasteiger partial charge is 0.0876 e. The quantitative estimate of drug-likeness (QED) is 0.789. The first kappa shape index (κ1) is 12.0. The lowest BCUT2D eigenvalue weighted by Crippen LogP contribution is -2.20. The van der Waals surface area contributed by atoms with E-state index in [1.54, 1.807) is 12.4 Å². The molecule has 96 valence electrons. The van der Waals surface area contributed by atoms with E-state index in [9.17, 15) is 0 Å². The number of nitrogens with zero attached hydrogens (tertiary/aromatic N) is 4. The highest BCUT2D eigenvalue weighted by atomic mass is 32.1. The summed E-state index contributed by atoms with van der Waals surface area (Å²) < 4.78 is 5.86. The van der Waals surface area contributed by atoms with Crippen LogP contribution in [-0.4, -0.2) is 26.4 Å². The van der Waals surface area contributed by atoms with Crippen molar-refractivity contribution in [2.75, 3.05) is 7.05 Å². The Morgan fingerprint density at radius 2 is 2.05 bits per heavy atom. The summed E-state index contributed by atoms with van der Waals surface area (Å²) >= 11 is 1.39. The van der Waals surface area contributed by atoms with Gasteiger partial charge in [-0.2, -0.15) is 5.10 Å². The SMILES string of the molecule is CNC(c1cnns1)c1ccnn1-c1ccccc1. The number of hydrogen-bond donors (Lipinski definition) is 1. The molecule has 5 nitrogen and oxygen atoms in total. The minimum absolute atomic E-state index is 0.0442. The standard InChI is InChI=1S/C13H13N5S/c1-14-13(12-9-15-17-19-12)11-7-8-16-18(11)10-5-3-2-4-6-10/h2-9,13-14H,1H3. The molecule has 19 heavy (non-hydrogen) atoms. The number of benzene rings is 1. The van der Waals surface area contributed by atoms with Gasteiger partial charge in [0, 0.05) is 6.20 Å². The van der Waals surface area contributed by atoms with Crippen LogP contribution in [0.15, 0.2) is 48.8 Å². The molecule has 3 rings (SSSR count). The summed E-state index contributed by atoms with van der Waals surface area (Å²) in [6.07, 6.45) is 3.59. The van der Waals surface area contributed by atoms with Gasteiger partial charge in [-0.1, -0.05) is 22.7 Å². The van der Waals surface area contributed by atoms with E-state index in [1.807, 2.05) is 48.1 Å². The van der Waals surface area contributed by atoms with Gasteiger partial charge >= 0.3 is 0 Å². The van der Waals surface area contributed by atoms with Gasteiger partial charge in [0.25, 0.3) is 0 Å². The van der Waals surface area contributed by atoms with Gasteiger partial charge in [0.15, 0.2) is 0 Å². The molecular weight excluding hydrogens is 258 g/mol. The summed E-state index contributed by atoms with van der Waals surface area (Å²) in [5.74, 6) is 0. The predicted molar refractivity (Wildman–Crippen MR) is 74.4 cm³/mol. The molecule has 2 heterocycles. The number of hydrogen-bond acceptors (Lipinski definition) is 5. The second-order valence-corrected chi connectivity index (χ2v) is 4.86. The first-order valence-electron chi connectivity index (χ1n) is 5.94. The Morgan fingerprint density at radius 3 is 2.74 bits per heavy atom. The van der Waals surface area contributed by atoms with Gasteiger partial charge in [-0.3, -0.25) is 0 Å². The third-order valence-corrected chi connectivity index (χ3v) is 3.65. The van der Waals surface area contributed by atoms with E-state index in [0.29, 0.717) is 0 Å². The van der Waals surface area contributed by atoms with Crippen molar-refractivity contribution in [1.29, 1.82) is 0 Å². The van der Waals surface area contributed by atoms with E-state index in [1.165, 1.54) is 11.5 Å². The van der Waals surface area contributed by atoms with Crippen LogP contribution < -0.4 is 5.32 Å². The van der Waals surface area contributed by atoms with Crippen molar-refractivity contribution >= 4 is 11.5 Å². The van der Waals surface area contributed by atoms with Gasteiger partial charge in [0.05, 0.1) is 28.5 Å². The zero-order valence-corrected chi connectivity index (χ0v) is 11.2. The van der Waals surface area contributed by atoms with Crippen LogP contribution in [0.3, 0.4) is 0 Å². The molecule has 0 saturated carbocycles. The summed E-state index contributed by atoms with van der Waals surface area (Å²) in [4.78, 5) is 1.07. The van der Waals surface area contributed by atoms with Crippen molar-refractivity contribution in [2.24, 2.45) is 0 Å². The Hall–Kier alpha value is -2.05. The van der Waals surface area contributed by atoms with Crippen molar-refractivity contribution in [2.45, 2.75) is 6.04 Å². The van der Waals surface area contributed by atoms with E-state index in [2.05, 4.69) is 20.0 Å². The molecule has 0 amide bonds. The van der Waals surface area contributed by atoms with Crippen LogP contribution in [0.25, 0.3) is 5.69 Å². The van der Waals surface area contributed by atoms with Crippen molar-refractivity contribution < 1.29 is 0 Å². The molecule has 2 aromatic heterocycles. The van der Waals surface area contributed by atoms with Crippen LogP contribution in [0, 0.1) is 0 Å². The first-order chi connectivity index (χ1) is 9.40. The molecule has 6 heteroatoms. The largest absolute Gasteiger partial charge is 0.307 e. The molecule has 0 bridgehead atoms. The lowest BCUT2D eigenvalue weighted by molar-refractivity contribution is 0.645. The minimum atomic E-state index is 0.0442.